The summed E-state index contributed by atoms with van der Waals surface area (Å²) in [5, 5.41) is 10.2. The molecular formula is C34H69O2P. The first kappa shape index (κ1) is 38.8. The summed E-state index contributed by atoms with van der Waals surface area (Å²) in [6.45, 7) is 11.7. The molecule has 0 aromatic carbocycles. The van der Waals surface area contributed by atoms with E-state index < -0.39 is 13.2 Å². The predicted octanol–water partition coefficient (Wildman–Crippen LogP) is 11.0. The number of hydrogen-bond acceptors (Lipinski definition) is 2. The van der Waals surface area contributed by atoms with Gasteiger partial charge in [-0.1, -0.05) is 124 Å². The fourth-order valence-electron chi connectivity index (χ4n) is 4.98. The van der Waals surface area contributed by atoms with Crippen molar-refractivity contribution in [3.05, 3.63) is 12.2 Å². The third-order valence-corrected chi connectivity index (χ3v) is 12.6. The molecule has 0 amide bonds. The molecule has 0 aliphatic carbocycles. The highest BCUT2D eigenvalue weighted by Gasteiger charge is 2.34. The predicted molar refractivity (Wildman–Crippen MR) is 170 cm³/mol. The van der Waals surface area contributed by atoms with Gasteiger partial charge in [-0.3, -0.25) is 0 Å². The molecular weight excluding hydrogens is 471 g/mol. The molecule has 0 saturated heterocycles. The maximum absolute atomic E-state index is 10.2. The zero-order valence-electron chi connectivity index (χ0n) is 26.3. The van der Waals surface area contributed by atoms with Gasteiger partial charge in [0.1, 0.15) is 0 Å². The van der Waals surface area contributed by atoms with Crippen molar-refractivity contribution in [2.24, 2.45) is 0 Å². The average Bonchev–Trinajstić information content (AvgIpc) is 2.90. The molecule has 0 spiro atoms. The number of aliphatic carboxylic acids is 1. The van der Waals surface area contributed by atoms with Crippen LogP contribution in [0.5, 0.6) is 0 Å². The first-order chi connectivity index (χ1) is 18.0. The summed E-state index contributed by atoms with van der Waals surface area (Å²) in [6, 6.07) is 0. The third kappa shape index (κ3) is 30.0. The summed E-state index contributed by atoms with van der Waals surface area (Å²) in [5.41, 5.74) is 0. The molecule has 2 nitrogen and oxygen atoms in total. The van der Waals surface area contributed by atoms with Gasteiger partial charge < -0.3 is 9.90 Å². The zero-order valence-corrected chi connectivity index (χ0v) is 27.2. The lowest BCUT2D eigenvalue weighted by Crippen LogP contribution is -2.21. The molecule has 0 unspecified atom stereocenters. The Morgan fingerprint density at radius 3 is 1.16 bits per heavy atom. The molecule has 37 heavy (non-hydrogen) atoms. The van der Waals surface area contributed by atoms with Crippen molar-refractivity contribution in [3.63, 3.8) is 0 Å². The molecule has 0 radical (unpaired) electrons. The Morgan fingerprint density at radius 2 is 0.811 bits per heavy atom. The Morgan fingerprint density at radius 1 is 0.486 bits per heavy atom. The summed E-state index contributed by atoms with van der Waals surface area (Å²) in [5.74, 6) is -0.914. The van der Waals surface area contributed by atoms with E-state index in [0.717, 1.165) is 19.3 Å². The maximum Gasteiger partial charge on any atom is 0.0594 e. The highest BCUT2D eigenvalue weighted by atomic mass is 31.2. The molecule has 0 saturated carbocycles. The molecule has 222 valence electrons. The van der Waals surface area contributed by atoms with E-state index in [1.165, 1.54) is 116 Å². The summed E-state index contributed by atoms with van der Waals surface area (Å²) in [6.07, 6.45) is 38.8. The van der Waals surface area contributed by atoms with E-state index in [1.807, 2.05) is 0 Å². The lowest BCUT2D eigenvalue weighted by molar-refractivity contribution is -0.305. The molecule has 0 atom stereocenters. The van der Waals surface area contributed by atoms with Gasteiger partial charge in [0, 0.05) is 13.2 Å². The van der Waals surface area contributed by atoms with Crippen molar-refractivity contribution < 1.29 is 9.90 Å². The van der Waals surface area contributed by atoms with Crippen LogP contribution in [0.2, 0.25) is 0 Å². The number of carboxylic acid groups (broad SMARTS) is 1. The van der Waals surface area contributed by atoms with Crippen molar-refractivity contribution in [3.8, 4) is 0 Å². The van der Waals surface area contributed by atoms with Gasteiger partial charge in [0.25, 0.3) is 0 Å². The highest BCUT2D eigenvalue weighted by molar-refractivity contribution is 7.75. The molecule has 0 heterocycles. The molecule has 0 bridgehead atoms. The van der Waals surface area contributed by atoms with Gasteiger partial charge in [0.2, 0.25) is 0 Å². The maximum atomic E-state index is 10.2. The number of unbranched alkanes of at least 4 members (excludes halogenated alkanes) is 15. The second-order valence-electron chi connectivity index (χ2n) is 11.4. The van der Waals surface area contributed by atoms with Crippen molar-refractivity contribution in [1.82, 2.24) is 0 Å². The topological polar surface area (TPSA) is 40.1 Å². The summed E-state index contributed by atoms with van der Waals surface area (Å²) in [7, 11) is -0.562. The number of carboxylic acids is 1. The monoisotopic (exact) mass is 541 g/mol. The smallest absolute Gasteiger partial charge is 0.0594 e. The first-order valence-corrected chi connectivity index (χ1v) is 19.2. The van der Waals surface area contributed by atoms with Crippen LogP contribution in [-0.2, 0) is 4.79 Å². The molecule has 0 rings (SSSR count). The second kappa shape index (κ2) is 31.9. The molecule has 3 heteroatoms. The van der Waals surface area contributed by atoms with Gasteiger partial charge >= 0.3 is 0 Å². The fourth-order valence-corrected chi connectivity index (χ4v) is 10.3. The van der Waals surface area contributed by atoms with Gasteiger partial charge in [-0.05, 0) is 64.2 Å². The Balaban J connectivity index is 0. The van der Waals surface area contributed by atoms with E-state index in [4.69, 9.17) is 0 Å². The van der Waals surface area contributed by atoms with Gasteiger partial charge in [-0.15, -0.1) is 0 Å². The summed E-state index contributed by atoms with van der Waals surface area (Å²) < 4.78 is 0. The van der Waals surface area contributed by atoms with E-state index in [9.17, 15) is 9.90 Å². The minimum atomic E-state index is -0.914. The SMILES string of the molecule is CCCCCCCCC=CCCCCCCCC(=O)[O-].CCCC[P+](CCCC)(CCCC)CCCC. The quantitative estimate of drug-likeness (QED) is 0.0590. The third-order valence-electron chi connectivity index (χ3n) is 7.59. The lowest BCUT2D eigenvalue weighted by atomic mass is 10.1. The van der Waals surface area contributed by atoms with Gasteiger partial charge in [-0.2, -0.15) is 0 Å². The Kier molecular flexibility index (Phi) is 33.4. The Bertz CT molecular complexity index is 437. The fraction of sp³-hybridized carbons (Fsp3) is 0.912. The van der Waals surface area contributed by atoms with Crippen LogP contribution in [0.25, 0.3) is 0 Å². The lowest BCUT2D eigenvalue weighted by Gasteiger charge is -2.28. The standard InChI is InChI=1S/C18H34O2.C16H36P/c1-2-3-4-5-6-7-8-9-10-11-12-13-14-15-16-17-18(19)20;1-5-9-13-17(14-10-6-2,15-11-7-3)16-12-8-4/h9-10H,2-8,11-17H2,1H3,(H,19,20);5-16H2,1-4H3/q;+1/p-1. The van der Waals surface area contributed by atoms with Crippen LogP contribution < -0.4 is 5.11 Å². The highest BCUT2D eigenvalue weighted by Crippen LogP contribution is 2.61. The molecule has 0 N–H and O–H groups in total. The number of carbonyl (C=O) groups excluding carboxylic acids is 1. The molecule has 0 aliphatic rings. The number of hydrogen-bond donors (Lipinski definition) is 0. The van der Waals surface area contributed by atoms with Crippen LogP contribution in [0.3, 0.4) is 0 Å². The van der Waals surface area contributed by atoms with Crippen molar-refractivity contribution in [1.29, 1.82) is 0 Å². The minimum Gasteiger partial charge on any atom is -0.550 e. The van der Waals surface area contributed by atoms with Crippen LogP contribution in [0.1, 0.15) is 176 Å². The zero-order chi connectivity index (χ0) is 27.9. The van der Waals surface area contributed by atoms with Crippen LogP contribution in [0.4, 0.5) is 0 Å². The Hall–Kier alpha value is -0.360. The summed E-state index contributed by atoms with van der Waals surface area (Å²) >= 11 is 0. The van der Waals surface area contributed by atoms with Crippen molar-refractivity contribution in [2.45, 2.75) is 176 Å². The summed E-state index contributed by atoms with van der Waals surface area (Å²) in [4.78, 5) is 10.2. The number of carbonyl (C=O) groups is 1. The first-order valence-electron chi connectivity index (χ1n) is 16.7. The molecule has 0 aliphatic heterocycles. The van der Waals surface area contributed by atoms with Crippen molar-refractivity contribution >= 4 is 13.2 Å². The molecule has 0 fully saturated rings. The largest absolute Gasteiger partial charge is 0.550 e. The Labute approximate surface area is 235 Å². The van der Waals surface area contributed by atoms with E-state index in [0.29, 0.717) is 0 Å². The van der Waals surface area contributed by atoms with E-state index >= 15 is 0 Å². The second-order valence-corrected chi connectivity index (χ2v) is 15.8. The number of allylic oxidation sites excluding steroid dienone is 2. The van der Waals surface area contributed by atoms with Crippen LogP contribution in [0.15, 0.2) is 12.2 Å². The van der Waals surface area contributed by atoms with Gasteiger partial charge in [0.05, 0.1) is 24.6 Å². The number of rotatable bonds is 27. The van der Waals surface area contributed by atoms with E-state index in [2.05, 4.69) is 46.8 Å². The van der Waals surface area contributed by atoms with Crippen LogP contribution >= 0.6 is 7.26 Å². The molecule has 0 aromatic heterocycles. The van der Waals surface area contributed by atoms with Gasteiger partial charge in [-0.25, -0.2) is 0 Å². The normalized spacial score (nSPS) is 11.6. The minimum absolute atomic E-state index is 0.220. The van der Waals surface area contributed by atoms with Crippen LogP contribution in [-0.4, -0.2) is 30.6 Å². The van der Waals surface area contributed by atoms with Gasteiger partial charge in [0.15, 0.2) is 0 Å². The van der Waals surface area contributed by atoms with Crippen LogP contribution in [0, 0.1) is 0 Å². The van der Waals surface area contributed by atoms with E-state index in [1.54, 1.807) is 24.6 Å². The average molecular weight is 541 g/mol. The van der Waals surface area contributed by atoms with Crippen molar-refractivity contribution in [2.75, 3.05) is 24.6 Å². The van der Waals surface area contributed by atoms with E-state index in [-0.39, 0.29) is 6.42 Å². The molecule has 0 aromatic rings.